The molecule has 10 heteroatoms. The van der Waals surface area contributed by atoms with Crippen molar-refractivity contribution in [3.05, 3.63) is 69.1 Å². The van der Waals surface area contributed by atoms with Gasteiger partial charge in [-0.2, -0.15) is 0 Å². The number of carbonyl (C=O) groups is 1. The third kappa shape index (κ3) is 4.09. The Labute approximate surface area is 164 Å². The molecule has 3 aromatic rings. The first-order valence-corrected chi connectivity index (χ1v) is 8.39. The van der Waals surface area contributed by atoms with Crippen LogP contribution in [0, 0.1) is 10.1 Å². The number of hydrogen-bond acceptors (Lipinski definition) is 8. The molecule has 0 radical (unpaired) electrons. The van der Waals surface area contributed by atoms with Crippen LogP contribution in [-0.2, 0) is 4.74 Å². The van der Waals surface area contributed by atoms with Crippen molar-refractivity contribution in [3.63, 3.8) is 0 Å². The van der Waals surface area contributed by atoms with Crippen molar-refractivity contribution in [1.29, 1.82) is 0 Å². The van der Waals surface area contributed by atoms with Crippen molar-refractivity contribution in [2.75, 3.05) is 7.11 Å². The molecule has 0 aliphatic heterocycles. The van der Waals surface area contributed by atoms with E-state index in [1.165, 1.54) is 19.1 Å². The summed E-state index contributed by atoms with van der Waals surface area (Å²) >= 11 is 5.83. The molecule has 1 heterocycles. The summed E-state index contributed by atoms with van der Waals surface area (Å²) in [7, 11) is 1.56. The fourth-order valence-corrected chi connectivity index (χ4v) is 2.53. The lowest BCUT2D eigenvalue weighted by Crippen LogP contribution is -2.11. The minimum atomic E-state index is -0.925. The molecule has 1 aromatic heterocycles. The zero-order chi connectivity index (χ0) is 20.3. The Morgan fingerprint density at radius 2 is 1.93 bits per heavy atom. The van der Waals surface area contributed by atoms with Crippen LogP contribution in [0.15, 0.2) is 46.9 Å². The van der Waals surface area contributed by atoms with Crippen LogP contribution >= 0.6 is 11.6 Å². The number of halogens is 1. The summed E-state index contributed by atoms with van der Waals surface area (Å²) in [6.45, 7) is 1.51. The van der Waals surface area contributed by atoms with Crippen LogP contribution < -0.4 is 4.74 Å². The minimum absolute atomic E-state index is 0.0452. The molecule has 9 nitrogen and oxygen atoms in total. The minimum Gasteiger partial charge on any atom is -0.497 e. The van der Waals surface area contributed by atoms with Gasteiger partial charge < -0.3 is 13.9 Å². The number of carbonyl (C=O) groups excluding carboxylic acids is 1. The fraction of sp³-hybridized carbons (Fsp3) is 0.167. The second-order valence-electron chi connectivity index (χ2n) is 5.64. The van der Waals surface area contributed by atoms with Crippen molar-refractivity contribution >= 4 is 23.3 Å². The summed E-state index contributed by atoms with van der Waals surface area (Å²) in [5.41, 5.74) is -0.0196. The van der Waals surface area contributed by atoms with Crippen molar-refractivity contribution < 1.29 is 23.6 Å². The van der Waals surface area contributed by atoms with Crippen LogP contribution in [0.4, 0.5) is 5.69 Å². The molecular formula is C18H14ClN3O6. The quantitative estimate of drug-likeness (QED) is 0.341. The normalized spacial score (nSPS) is 11.7. The van der Waals surface area contributed by atoms with Gasteiger partial charge in [0.2, 0.25) is 5.89 Å². The molecule has 0 saturated heterocycles. The molecule has 0 saturated carbocycles. The number of hydrogen-bond donors (Lipinski definition) is 0. The predicted octanol–water partition coefficient (Wildman–Crippen LogP) is 4.22. The molecule has 3 rings (SSSR count). The van der Waals surface area contributed by atoms with Gasteiger partial charge in [0.05, 0.1) is 12.0 Å². The van der Waals surface area contributed by atoms with E-state index in [2.05, 4.69) is 10.2 Å². The van der Waals surface area contributed by atoms with Crippen molar-refractivity contribution in [1.82, 2.24) is 10.2 Å². The summed E-state index contributed by atoms with van der Waals surface area (Å²) < 4.78 is 15.9. The van der Waals surface area contributed by atoms with E-state index >= 15 is 0 Å². The summed E-state index contributed by atoms with van der Waals surface area (Å²) in [5, 5.41) is 19.1. The topological polar surface area (TPSA) is 118 Å². The summed E-state index contributed by atoms with van der Waals surface area (Å²) in [6, 6.07) is 10.6. The maximum absolute atomic E-state index is 12.4. The van der Waals surface area contributed by atoms with Gasteiger partial charge in [-0.15, -0.1) is 10.2 Å². The smallest absolute Gasteiger partial charge is 0.345 e. The molecule has 144 valence electrons. The largest absolute Gasteiger partial charge is 0.497 e. The Morgan fingerprint density at radius 1 is 1.21 bits per heavy atom. The van der Waals surface area contributed by atoms with Gasteiger partial charge in [0.25, 0.3) is 11.6 Å². The van der Waals surface area contributed by atoms with Crippen molar-refractivity contribution in [2.24, 2.45) is 0 Å². The Morgan fingerprint density at radius 3 is 2.57 bits per heavy atom. The monoisotopic (exact) mass is 403 g/mol. The van der Waals surface area contributed by atoms with E-state index in [0.29, 0.717) is 11.3 Å². The van der Waals surface area contributed by atoms with Crippen molar-refractivity contribution in [3.8, 4) is 17.2 Å². The lowest BCUT2D eigenvalue weighted by Gasteiger charge is -2.09. The highest BCUT2D eigenvalue weighted by molar-refractivity contribution is 6.31. The second-order valence-corrected chi connectivity index (χ2v) is 6.08. The summed E-state index contributed by atoms with van der Waals surface area (Å²) in [5.74, 6) is 0.0259. The molecule has 0 N–H and O–H groups in total. The zero-order valence-electron chi connectivity index (χ0n) is 14.8. The fourth-order valence-electron chi connectivity index (χ4n) is 2.35. The molecule has 0 bridgehead atoms. The van der Waals surface area contributed by atoms with Gasteiger partial charge in [-0.25, -0.2) is 4.79 Å². The first-order chi connectivity index (χ1) is 13.4. The first kappa shape index (κ1) is 19.3. The molecule has 0 spiro atoms. The average Bonchev–Trinajstić information content (AvgIpc) is 3.18. The highest BCUT2D eigenvalue weighted by Gasteiger charge is 2.26. The van der Waals surface area contributed by atoms with Gasteiger partial charge >= 0.3 is 5.97 Å². The Balaban J connectivity index is 1.77. The van der Waals surface area contributed by atoms with Crippen LogP contribution in [0.1, 0.15) is 29.3 Å². The Kier molecular flexibility index (Phi) is 5.55. The van der Waals surface area contributed by atoms with E-state index < -0.39 is 22.7 Å². The number of aromatic nitrogens is 2. The molecule has 0 aliphatic rings. The number of esters is 1. The van der Waals surface area contributed by atoms with Gasteiger partial charge in [0, 0.05) is 16.7 Å². The van der Waals surface area contributed by atoms with E-state index in [9.17, 15) is 14.9 Å². The number of nitrogens with zero attached hydrogens (tertiary/aromatic N) is 3. The Hall–Kier alpha value is -3.46. The maximum Gasteiger partial charge on any atom is 0.345 e. The van der Waals surface area contributed by atoms with E-state index in [-0.39, 0.29) is 22.4 Å². The van der Waals surface area contributed by atoms with E-state index in [0.717, 1.165) is 6.07 Å². The SMILES string of the molecule is COc1ccc(-c2nnc([C@H](C)OC(=O)c3cc(Cl)ccc3[N+](=O)[O-])o2)cc1. The third-order valence-corrected chi connectivity index (χ3v) is 4.02. The van der Waals surface area contributed by atoms with Gasteiger partial charge in [0.1, 0.15) is 11.3 Å². The predicted molar refractivity (Wildman–Crippen MR) is 98.2 cm³/mol. The number of ether oxygens (including phenoxy) is 2. The van der Waals surface area contributed by atoms with Gasteiger partial charge in [0.15, 0.2) is 6.10 Å². The molecule has 0 unspecified atom stereocenters. The standard InChI is InChI=1S/C18H14ClN3O6/c1-10(27-18(23)14-9-12(19)5-8-15(14)22(24)25)16-20-21-17(28-16)11-3-6-13(26-2)7-4-11/h3-10H,1-2H3/t10-/m0/s1. The maximum atomic E-state index is 12.4. The number of nitro groups is 1. The van der Waals surface area contributed by atoms with Crippen LogP contribution in [0.2, 0.25) is 5.02 Å². The molecule has 1 atom stereocenters. The van der Waals surface area contributed by atoms with Gasteiger partial charge in [-0.05, 0) is 43.3 Å². The first-order valence-electron chi connectivity index (χ1n) is 8.01. The van der Waals surface area contributed by atoms with E-state index in [4.69, 9.17) is 25.5 Å². The number of nitro benzene ring substituents is 1. The van der Waals surface area contributed by atoms with Gasteiger partial charge in [-0.3, -0.25) is 10.1 Å². The lowest BCUT2D eigenvalue weighted by atomic mass is 10.2. The number of methoxy groups -OCH3 is 1. The Bertz CT molecular complexity index is 1020. The summed E-state index contributed by atoms with van der Waals surface area (Å²) in [4.78, 5) is 22.8. The molecule has 0 amide bonds. The molecule has 28 heavy (non-hydrogen) atoms. The van der Waals surface area contributed by atoms with Crippen LogP contribution in [0.25, 0.3) is 11.5 Å². The van der Waals surface area contributed by atoms with Crippen LogP contribution in [0.5, 0.6) is 5.75 Å². The van der Waals surface area contributed by atoms with E-state index in [1.54, 1.807) is 31.4 Å². The summed E-state index contributed by atoms with van der Waals surface area (Å²) in [6.07, 6.45) is -0.925. The number of benzene rings is 2. The lowest BCUT2D eigenvalue weighted by molar-refractivity contribution is -0.385. The zero-order valence-corrected chi connectivity index (χ0v) is 15.5. The van der Waals surface area contributed by atoms with Crippen molar-refractivity contribution in [2.45, 2.75) is 13.0 Å². The number of rotatable bonds is 6. The molecule has 0 fully saturated rings. The van der Waals surface area contributed by atoms with Crippen LogP contribution in [0.3, 0.4) is 0 Å². The second kappa shape index (κ2) is 8.05. The van der Waals surface area contributed by atoms with Gasteiger partial charge in [-0.1, -0.05) is 11.6 Å². The molecule has 2 aromatic carbocycles. The highest BCUT2D eigenvalue weighted by atomic mass is 35.5. The molecular weight excluding hydrogens is 390 g/mol. The molecule has 0 aliphatic carbocycles. The third-order valence-electron chi connectivity index (χ3n) is 3.78. The average molecular weight is 404 g/mol. The van der Waals surface area contributed by atoms with Crippen LogP contribution in [-0.4, -0.2) is 28.2 Å². The van der Waals surface area contributed by atoms with E-state index in [1.807, 2.05) is 0 Å². The highest BCUT2D eigenvalue weighted by Crippen LogP contribution is 2.27.